The second-order valence-corrected chi connectivity index (χ2v) is 7.06. The van der Waals surface area contributed by atoms with E-state index in [1.807, 2.05) is 24.3 Å². The molecule has 0 bridgehead atoms. The monoisotopic (exact) mass is 431 g/mol. The van der Waals surface area contributed by atoms with Crippen LogP contribution in [-0.4, -0.2) is 40.0 Å². The van der Waals surface area contributed by atoms with Crippen molar-refractivity contribution >= 4 is 40.1 Å². The van der Waals surface area contributed by atoms with Gasteiger partial charge in [-0.2, -0.15) is 5.10 Å². The number of hydrogen-bond acceptors (Lipinski definition) is 8. The first-order valence-corrected chi connectivity index (χ1v) is 9.61. The summed E-state index contributed by atoms with van der Waals surface area (Å²) in [7, 11) is 4.70. The molecule has 3 aromatic rings. The molecule has 0 radical (unpaired) electrons. The standard InChI is InChI=1S/C19H18ClN5O3S/c1-25-16(12-8-10-13(27-2)11-9-12)22-24-19(25)29-17(18(26)28-3)23-21-15-7-5-4-6-14(15)20/h4-11,21H,1-3H3/b23-17-. The molecule has 8 nitrogen and oxygen atoms in total. The highest BCUT2D eigenvalue weighted by Gasteiger charge is 2.20. The summed E-state index contributed by atoms with van der Waals surface area (Å²) in [5, 5.41) is 13.5. The van der Waals surface area contributed by atoms with Gasteiger partial charge >= 0.3 is 5.97 Å². The van der Waals surface area contributed by atoms with Crippen LogP contribution in [0.1, 0.15) is 0 Å². The maximum absolute atomic E-state index is 12.2. The Balaban J connectivity index is 1.84. The van der Waals surface area contributed by atoms with Crippen molar-refractivity contribution in [2.75, 3.05) is 19.6 Å². The number of carbonyl (C=O) groups excluding carboxylic acids is 1. The molecule has 0 saturated carbocycles. The topological polar surface area (TPSA) is 90.6 Å². The molecule has 1 N–H and O–H groups in total. The van der Waals surface area contributed by atoms with Gasteiger partial charge in [-0.1, -0.05) is 23.7 Å². The van der Waals surface area contributed by atoms with Gasteiger partial charge in [-0.05, 0) is 48.2 Å². The number of hydrazone groups is 1. The van der Waals surface area contributed by atoms with Crippen LogP contribution in [0.5, 0.6) is 5.75 Å². The highest BCUT2D eigenvalue weighted by Crippen LogP contribution is 2.26. The van der Waals surface area contributed by atoms with Crippen molar-refractivity contribution in [3.63, 3.8) is 0 Å². The second kappa shape index (κ2) is 9.44. The molecule has 0 aliphatic rings. The molecule has 0 saturated heterocycles. The fraction of sp³-hybridized carbons (Fsp3) is 0.158. The number of esters is 1. The second-order valence-electron chi connectivity index (χ2n) is 5.70. The van der Waals surface area contributed by atoms with E-state index in [0.717, 1.165) is 23.1 Å². The number of aromatic nitrogens is 3. The zero-order valence-corrected chi connectivity index (χ0v) is 17.5. The first-order valence-electron chi connectivity index (χ1n) is 8.41. The molecule has 0 atom stereocenters. The number of para-hydroxylation sites is 1. The number of hydrogen-bond donors (Lipinski definition) is 1. The Kier molecular flexibility index (Phi) is 6.73. The quantitative estimate of drug-likeness (QED) is 0.216. The van der Waals surface area contributed by atoms with Gasteiger partial charge in [-0.15, -0.1) is 10.2 Å². The van der Waals surface area contributed by atoms with Gasteiger partial charge in [0.1, 0.15) is 5.75 Å². The number of ether oxygens (including phenoxy) is 2. The molecule has 1 heterocycles. The van der Waals surface area contributed by atoms with Crippen molar-refractivity contribution < 1.29 is 14.3 Å². The van der Waals surface area contributed by atoms with E-state index in [1.165, 1.54) is 7.11 Å². The first-order chi connectivity index (χ1) is 14.0. The third-order valence-electron chi connectivity index (χ3n) is 3.88. The van der Waals surface area contributed by atoms with Crippen LogP contribution in [0.15, 0.2) is 58.8 Å². The number of rotatable bonds is 5. The van der Waals surface area contributed by atoms with Crippen molar-refractivity contribution in [2.45, 2.75) is 5.16 Å². The van der Waals surface area contributed by atoms with Gasteiger partial charge in [-0.25, -0.2) is 4.79 Å². The highest BCUT2D eigenvalue weighted by atomic mass is 35.5. The van der Waals surface area contributed by atoms with Crippen LogP contribution in [0.3, 0.4) is 0 Å². The van der Waals surface area contributed by atoms with E-state index in [2.05, 4.69) is 20.7 Å². The average Bonchev–Trinajstić information content (AvgIpc) is 3.11. The lowest BCUT2D eigenvalue weighted by atomic mass is 10.2. The SMILES string of the molecule is COC(=O)/C(=N/Nc1ccccc1Cl)Sc1nnc(-c2ccc(OC)cc2)n1C. The molecule has 150 valence electrons. The van der Waals surface area contributed by atoms with Gasteiger partial charge in [0.15, 0.2) is 11.0 Å². The minimum atomic E-state index is -0.608. The molecule has 2 aromatic carbocycles. The molecular formula is C19H18ClN5O3S. The van der Waals surface area contributed by atoms with Crippen LogP contribution in [-0.2, 0) is 16.6 Å². The van der Waals surface area contributed by atoms with Crippen LogP contribution in [0.25, 0.3) is 11.4 Å². The molecule has 10 heteroatoms. The number of benzene rings is 2. The van der Waals surface area contributed by atoms with Crippen LogP contribution >= 0.6 is 23.4 Å². The Bertz CT molecular complexity index is 1040. The van der Waals surface area contributed by atoms with Gasteiger partial charge in [-0.3, -0.25) is 5.43 Å². The summed E-state index contributed by atoms with van der Waals surface area (Å²) in [6, 6.07) is 14.5. The van der Waals surface area contributed by atoms with E-state index in [4.69, 9.17) is 21.1 Å². The van der Waals surface area contributed by atoms with Crippen LogP contribution in [0.4, 0.5) is 5.69 Å². The smallest absolute Gasteiger partial charge is 0.365 e. The zero-order chi connectivity index (χ0) is 20.8. The third-order valence-corrected chi connectivity index (χ3v) is 5.20. The molecule has 29 heavy (non-hydrogen) atoms. The Morgan fingerprint density at radius 3 is 2.52 bits per heavy atom. The number of carbonyl (C=O) groups is 1. The lowest BCUT2D eigenvalue weighted by Crippen LogP contribution is -2.15. The molecule has 3 rings (SSSR count). The summed E-state index contributed by atoms with van der Waals surface area (Å²) in [6.07, 6.45) is 0. The number of nitrogens with one attached hydrogen (secondary N) is 1. The molecule has 0 amide bonds. The Labute approximate surface area is 176 Å². The predicted octanol–water partition coefficient (Wildman–Crippen LogP) is 3.83. The normalized spacial score (nSPS) is 11.2. The highest BCUT2D eigenvalue weighted by molar-refractivity contribution is 8.15. The summed E-state index contributed by atoms with van der Waals surface area (Å²) < 4.78 is 11.8. The van der Waals surface area contributed by atoms with Gasteiger partial charge < -0.3 is 14.0 Å². The average molecular weight is 432 g/mol. The lowest BCUT2D eigenvalue weighted by Gasteiger charge is -2.07. The van der Waals surface area contributed by atoms with Crippen LogP contribution in [0.2, 0.25) is 5.02 Å². The van der Waals surface area contributed by atoms with Gasteiger partial charge in [0.2, 0.25) is 5.04 Å². The largest absolute Gasteiger partial charge is 0.497 e. The van der Waals surface area contributed by atoms with Crippen LogP contribution in [0, 0.1) is 0 Å². The number of anilines is 1. The lowest BCUT2D eigenvalue weighted by molar-refractivity contribution is -0.132. The fourth-order valence-corrected chi connectivity index (χ4v) is 3.26. The van der Waals surface area contributed by atoms with E-state index in [-0.39, 0.29) is 5.04 Å². The summed E-state index contributed by atoms with van der Waals surface area (Å²) >= 11 is 7.14. The number of nitrogens with zero attached hydrogens (tertiary/aromatic N) is 4. The van der Waals surface area contributed by atoms with Crippen molar-refractivity contribution in [2.24, 2.45) is 12.1 Å². The summed E-state index contributed by atoms with van der Waals surface area (Å²) in [5.41, 5.74) is 4.20. The molecule has 0 aliphatic heterocycles. The molecular weight excluding hydrogens is 414 g/mol. The van der Waals surface area contributed by atoms with E-state index in [1.54, 1.807) is 43.0 Å². The first kappa shape index (κ1) is 20.7. The van der Waals surface area contributed by atoms with Gasteiger partial charge in [0.05, 0.1) is 24.9 Å². The fourth-order valence-electron chi connectivity index (χ4n) is 2.34. The minimum Gasteiger partial charge on any atom is -0.497 e. The van der Waals surface area contributed by atoms with Crippen molar-refractivity contribution in [3.05, 3.63) is 53.6 Å². The van der Waals surface area contributed by atoms with Gasteiger partial charge in [0.25, 0.3) is 0 Å². The maximum Gasteiger partial charge on any atom is 0.365 e. The Morgan fingerprint density at radius 1 is 1.14 bits per heavy atom. The van der Waals surface area contributed by atoms with Crippen LogP contribution < -0.4 is 10.2 Å². The predicted molar refractivity (Wildman–Crippen MR) is 113 cm³/mol. The third kappa shape index (κ3) is 4.87. The number of halogens is 1. The minimum absolute atomic E-state index is 0.0594. The molecule has 0 unspecified atom stereocenters. The zero-order valence-electron chi connectivity index (χ0n) is 15.9. The molecule has 0 fully saturated rings. The van der Waals surface area contributed by atoms with Crippen molar-refractivity contribution in [3.8, 4) is 17.1 Å². The number of thioether (sulfide) groups is 1. The van der Waals surface area contributed by atoms with E-state index in [9.17, 15) is 4.79 Å². The van der Waals surface area contributed by atoms with Gasteiger partial charge in [0, 0.05) is 12.6 Å². The van der Waals surface area contributed by atoms with E-state index in [0.29, 0.717) is 21.7 Å². The summed E-state index contributed by atoms with van der Waals surface area (Å²) in [4.78, 5) is 12.2. The number of methoxy groups -OCH3 is 2. The molecule has 0 aliphatic carbocycles. The summed E-state index contributed by atoms with van der Waals surface area (Å²) in [6.45, 7) is 0. The van der Waals surface area contributed by atoms with E-state index >= 15 is 0 Å². The van der Waals surface area contributed by atoms with Crippen molar-refractivity contribution in [1.29, 1.82) is 0 Å². The maximum atomic E-state index is 12.2. The van der Waals surface area contributed by atoms with Crippen molar-refractivity contribution in [1.82, 2.24) is 14.8 Å². The molecule has 0 spiro atoms. The molecule has 1 aromatic heterocycles. The van der Waals surface area contributed by atoms with E-state index < -0.39 is 5.97 Å². The Hall–Kier alpha value is -3.04. The Morgan fingerprint density at radius 2 is 1.86 bits per heavy atom. The summed E-state index contributed by atoms with van der Waals surface area (Å²) in [5.74, 6) is 0.776.